The molecule has 0 amide bonds. The smallest absolute Gasteiger partial charge is 0.294 e. The monoisotopic (exact) mass is 329 g/mol. The van der Waals surface area contributed by atoms with Gasteiger partial charge in [-0.05, 0) is 35.7 Å². The lowest BCUT2D eigenvalue weighted by molar-refractivity contribution is 0.477. The Hall–Kier alpha value is -2.84. The number of pyridine rings is 1. The largest absolute Gasteiger partial charge is 0.506 e. The maximum Gasteiger partial charge on any atom is 0.294 e. The van der Waals surface area contributed by atoms with E-state index in [9.17, 15) is 13.5 Å². The first kappa shape index (κ1) is 15.1. The van der Waals surface area contributed by atoms with Crippen molar-refractivity contribution >= 4 is 32.4 Å². The van der Waals surface area contributed by atoms with Crippen LogP contribution in [0.1, 0.15) is 0 Å². The predicted octanol–water partition coefficient (Wildman–Crippen LogP) is 3.60. The van der Waals surface area contributed by atoms with E-state index in [-0.39, 0.29) is 16.3 Å². The Kier molecular flexibility index (Phi) is 3.77. The van der Waals surface area contributed by atoms with E-state index >= 15 is 0 Å². The molecule has 0 bridgehead atoms. The molecule has 2 aromatic carbocycles. The summed E-state index contributed by atoms with van der Waals surface area (Å²) in [5, 5.41) is 18.9. The van der Waals surface area contributed by atoms with Crippen LogP contribution >= 0.6 is 0 Å². The van der Waals surface area contributed by atoms with Crippen molar-refractivity contribution in [1.82, 2.24) is 4.98 Å². The number of rotatable bonds is 3. The minimum atomic E-state index is -4.30. The molecule has 0 aliphatic rings. The van der Waals surface area contributed by atoms with Crippen LogP contribution < -0.4 is 0 Å². The fraction of sp³-hybridized carbons (Fsp3) is 0. The molecule has 116 valence electrons. The summed E-state index contributed by atoms with van der Waals surface area (Å²) in [5.74, 6) is 0.273. The number of hydrogen-bond acceptors (Lipinski definition) is 6. The van der Waals surface area contributed by atoms with Crippen LogP contribution in [0, 0.1) is 0 Å². The normalized spacial score (nSPS) is 12.0. The number of phenolic OH excluding ortho intramolecular Hbond substituents is 1. The highest BCUT2D eigenvalue weighted by Crippen LogP contribution is 2.36. The molecule has 0 saturated carbocycles. The summed E-state index contributed by atoms with van der Waals surface area (Å²) in [7, 11) is -4.30. The van der Waals surface area contributed by atoms with E-state index in [2.05, 4.69) is 15.2 Å². The lowest BCUT2D eigenvalue weighted by Crippen LogP contribution is -1.97. The number of benzene rings is 2. The summed E-state index contributed by atoms with van der Waals surface area (Å²) in [6.07, 6.45) is 1.57. The average Bonchev–Trinajstić information content (AvgIpc) is 2.53. The molecule has 0 aliphatic carbocycles. The van der Waals surface area contributed by atoms with Gasteiger partial charge in [-0.3, -0.25) is 4.55 Å². The van der Waals surface area contributed by atoms with Crippen molar-refractivity contribution in [2.75, 3.05) is 0 Å². The molecule has 0 spiro atoms. The summed E-state index contributed by atoms with van der Waals surface area (Å²) in [4.78, 5) is 3.76. The highest BCUT2D eigenvalue weighted by Gasteiger charge is 2.13. The first-order valence-electron chi connectivity index (χ1n) is 6.51. The Morgan fingerprint density at radius 3 is 2.52 bits per heavy atom. The molecule has 0 atom stereocenters. The van der Waals surface area contributed by atoms with Crippen LogP contribution in [0.5, 0.6) is 5.75 Å². The molecule has 0 radical (unpaired) electrons. The summed E-state index contributed by atoms with van der Waals surface area (Å²) >= 11 is 0. The highest BCUT2D eigenvalue weighted by molar-refractivity contribution is 7.85. The lowest BCUT2D eigenvalue weighted by Gasteiger charge is -2.05. The van der Waals surface area contributed by atoms with Crippen LogP contribution in [0.4, 0.5) is 11.5 Å². The highest BCUT2D eigenvalue weighted by atomic mass is 32.2. The van der Waals surface area contributed by atoms with E-state index < -0.39 is 10.1 Å². The third-order valence-corrected chi connectivity index (χ3v) is 3.99. The second kappa shape index (κ2) is 5.75. The number of phenols is 1. The third-order valence-electron chi connectivity index (χ3n) is 3.14. The summed E-state index contributed by atoms with van der Waals surface area (Å²) in [5.41, 5.74) is 0.190. The van der Waals surface area contributed by atoms with Gasteiger partial charge in [0.25, 0.3) is 10.1 Å². The molecule has 8 heteroatoms. The van der Waals surface area contributed by atoms with Crippen molar-refractivity contribution in [1.29, 1.82) is 0 Å². The predicted molar refractivity (Wildman–Crippen MR) is 83.8 cm³/mol. The van der Waals surface area contributed by atoms with Gasteiger partial charge in [-0.1, -0.05) is 18.2 Å². The number of nitrogens with zero attached hydrogens (tertiary/aromatic N) is 3. The maximum atomic E-state index is 11.2. The van der Waals surface area contributed by atoms with Gasteiger partial charge < -0.3 is 5.11 Å². The number of fused-ring (bicyclic) bond motifs is 1. The molecular formula is C15H11N3O4S. The fourth-order valence-corrected chi connectivity index (χ4v) is 2.58. The third kappa shape index (κ3) is 3.17. The van der Waals surface area contributed by atoms with Crippen molar-refractivity contribution < 1.29 is 18.1 Å². The van der Waals surface area contributed by atoms with Crippen molar-refractivity contribution in [3.63, 3.8) is 0 Å². The second-order valence-corrected chi connectivity index (χ2v) is 6.10. The lowest BCUT2D eigenvalue weighted by atomic mass is 10.1. The van der Waals surface area contributed by atoms with Gasteiger partial charge in [0.1, 0.15) is 11.4 Å². The standard InChI is InChI=1S/C15H11N3O4S/c19-13-7-4-10-9-11(23(20,21)22)5-6-12(10)15(13)18-17-14-3-1-2-8-16-14/h1-9,19H,(H,20,21,22)/b18-17+. The first-order valence-corrected chi connectivity index (χ1v) is 7.95. The van der Waals surface area contributed by atoms with Gasteiger partial charge >= 0.3 is 0 Å². The molecule has 0 saturated heterocycles. The van der Waals surface area contributed by atoms with Crippen molar-refractivity contribution in [2.24, 2.45) is 10.2 Å². The second-order valence-electron chi connectivity index (χ2n) is 4.68. The molecular weight excluding hydrogens is 318 g/mol. The molecule has 2 N–H and O–H groups in total. The SMILES string of the molecule is O=S(=O)(O)c1ccc2c(/N=N/c3ccccn3)c(O)ccc2c1. The quantitative estimate of drug-likeness (QED) is 0.563. The Morgan fingerprint density at radius 1 is 1.00 bits per heavy atom. The van der Waals surface area contributed by atoms with E-state index in [1.165, 1.54) is 30.3 Å². The van der Waals surface area contributed by atoms with Crippen molar-refractivity contribution in [3.05, 3.63) is 54.7 Å². The molecule has 0 fully saturated rings. The number of hydrogen-bond donors (Lipinski definition) is 2. The Labute approximate surface area is 131 Å². The van der Waals surface area contributed by atoms with Crippen LogP contribution in [0.25, 0.3) is 10.8 Å². The molecule has 1 heterocycles. The van der Waals surface area contributed by atoms with E-state index in [0.717, 1.165) is 0 Å². The van der Waals surface area contributed by atoms with Gasteiger partial charge in [0.05, 0.1) is 4.90 Å². The van der Waals surface area contributed by atoms with Crippen LogP contribution in [-0.4, -0.2) is 23.1 Å². The molecule has 0 aliphatic heterocycles. The summed E-state index contributed by atoms with van der Waals surface area (Å²) in [6.45, 7) is 0. The Balaban J connectivity index is 2.13. The Bertz CT molecular complexity index is 1000. The zero-order valence-electron chi connectivity index (χ0n) is 11.7. The van der Waals surface area contributed by atoms with Gasteiger partial charge in [0.15, 0.2) is 5.82 Å². The van der Waals surface area contributed by atoms with Gasteiger partial charge in [0.2, 0.25) is 0 Å². The molecule has 1 aromatic heterocycles. The molecule has 0 unspecified atom stereocenters. The van der Waals surface area contributed by atoms with Crippen LogP contribution in [0.15, 0.2) is 69.9 Å². The molecule has 3 rings (SSSR count). The van der Waals surface area contributed by atoms with Crippen LogP contribution in [0.3, 0.4) is 0 Å². The fourth-order valence-electron chi connectivity index (χ4n) is 2.06. The molecule has 23 heavy (non-hydrogen) atoms. The van der Waals surface area contributed by atoms with Crippen LogP contribution in [0.2, 0.25) is 0 Å². The number of aromatic hydroxyl groups is 1. The average molecular weight is 329 g/mol. The first-order chi connectivity index (χ1) is 10.9. The van der Waals surface area contributed by atoms with Gasteiger partial charge in [-0.25, -0.2) is 4.98 Å². The molecule has 3 aromatic rings. The minimum absolute atomic E-state index is 0.100. The molecule has 7 nitrogen and oxygen atoms in total. The zero-order valence-corrected chi connectivity index (χ0v) is 12.5. The minimum Gasteiger partial charge on any atom is -0.506 e. The van der Waals surface area contributed by atoms with E-state index in [4.69, 9.17) is 4.55 Å². The maximum absolute atomic E-state index is 11.2. The number of azo groups is 1. The van der Waals surface area contributed by atoms with E-state index in [1.807, 2.05) is 0 Å². The van der Waals surface area contributed by atoms with E-state index in [1.54, 1.807) is 24.4 Å². The van der Waals surface area contributed by atoms with Crippen molar-refractivity contribution in [2.45, 2.75) is 4.90 Å². The van der Waals surface area contributed by atoms with Crippen molar-refractivity contribution in [3.8, 4) is 5.75 Å². The topological polar surface area (TPSA) is 112 Å². The van der Waals surface area contributed by atoms with E-state index in [0.29, 0.717) is 16.6 Å². The summed E-state index contributed by atoms with van der Waals surface area (Å²) in [6, 6.07) is 12.0. The zero-order chi connectivity index (χ0) is 16.4. The van der Waals surface area contributed by atoms with Gasteiger partial charge in [-0.15, -0.1) is 10.2 Å². The van der Waals surface area contributed by atoms with Crippen LogP contribution in [-0.2, 0) is 10.1 Å². The van der Waals surface area contributed by atoms with Gasteiger partial charge in [0, 0.05) is 11.6 Å². The van der Waals surface area contributed by atoms with Gasteiger partial charge in [-0.2, -0.15) is 8.42 Å². The number of aromatic nitrogens is 1. The Morgan fingerprint density at radius 2 is 1.83 bits per heavy atom. The summed E-state index contributed by atoms with van der Waals surface area (Å²) < 4.78 is 31.5.